The van der Waals surface area contributed by atoms with Gasteiger partial charge in [0.05, 0.1) is 12.8 Å². The number of hydrogen-bond acceptors (Lipinski definition) is 3. The molecule has 0 spiro atoms. The maximum atomic E-state index is 5.83. The maximum absolute atomic E-state index is 5.83. The molecule has 2 aromatic rings. The normalized spacial score (nSPS) is 10.3. The Morgan fingerprint density at radius 2 is 1.85 bits per heavy atom. The van der Waals surface area contributed by atoms with E-state index in [4.69, 9.17) is 10.5 Å². The molecule has 2 N–H and O–H groups in total. The third-order valence-electron chi connectivity index (χ3n) is 3.46. The van der Waals surface area contributed by atoms with E-state index in [-0.39, 0.29) is 0 Å². The SMILES string of the molecule is COc1cc(N(C)CCCc2ccccc2)ccc1N. The topological polar surface area (TPSA) is 38.5 Å². The number of methoxy groups -OCH3 is 1. The first kappa shape index (κ1) is 14.3. The smallest absolute Gasteiger partial charge is 0.143 e. The minimum Gasteiger partial charge on any atom is -0.495 e. The van der Waals surface area contributed by atoms with Crippen molar-refractivity contribution in [1.82, 2.24) is 0 Å². The molecule has 0 aliphatic rings. The molecule has 0 amide bonds. The first-order valence-corrected chi connectivity index (χ1v) is 6.89. The predicted molar refractivity (Wildman–Crippen MR) is 85.4 cm³/mol. The zero-order valence-electron chi connectivity index (χ0n) is 12.2. The Labute approximate surface area is 121 Å². The summed E-state index contributed by atoms with van der Waals surface area (Å²) >= 11 is 0. The summed E-state index contributed by atoms with van der Waals surface area (Å²) in [7, 11) is 3.74. The number of hydrogen-bond donors (Lipinski definition) is 1. The summed E-state index contributed by atoms with van der Waals surface area (Å²) in [6.07, 6.45) is 2.21. The molecule has 0 heterocycles. The van der Waals surface area contributed by atoms with Gasteiger partial charge in [0.1, 0.15) is 5.75 Å². The lowest BCUT2D eigenvalue weighted by molar-refractivity contribution is 0.417. The van der Waals surface area contributed by atoms with Crippen LogP contribution in [0.4, 0.5) is 11.4 Å². The largest absolute Gasteiger partial charge is 0.495 e. The van der Waals surface area contributed by atoms with Gasteiger partial charge >= 0.3 is 0 Å². The summed E-state index contributed by atoms with van der Waals surface area (Å²) in [6.45, 7) is 1.00. The second kappa shape index (κ2) is 6.85. The standard InChI is InChI=1S/C17H22N2O/c1-19(12-6-9-14-7-4-3-5-8-14)15-10-11-16(18)17(13-15)20-2/h3-5,7-8,10-11,13H,6,9,12,18H2,1-2H3. The molecule has 106 valence electrons. The Morgan fingerprint density at radius 3 is 2.55 bits per heavy atom. The molecule has 0 atom stereocenters. The highest BCUT2D eigenvalue weighted by Gasteiger charge is 2.05. The van der Waals surface area contributed by atoms with Gasteiger partial charge in [-0.1, -0.05) is 30.3 Å². The van der Waals surface area contributed by atoms with Crippen LogP contribution in [0.25, 0.3) is 0 Å². The van der Waals surface area contributed by atoms with Crippen molar-refractivity contribution in [3.05, 3.63) is 54.1 Å². The van der Waals surface area contributed by atoms with Crippen LogP contribution in [0.15, 0.2) is 48.5 Å². The molecular formula is C17H22N2O. The molecule has 0 saturated carbocycles. The number of aryl methyl sites for hydroxylation is 1. The molecule has 2 aromatic carbocycles. The van der Waals surface area contributed by atoms with E-state index < -0.39 is 0 Å². The van der Waals surface area contributed by atoms with Crippen LogP contribution < -0.4 is 15.4 Å². The fraction of sp³-hybridized carbons (Fsp3) is 0.294. The number of benzene rings is 2. The molecule has 0 aromatic heterocycles. The number of nitrogens with zero attached hydrogens (tertiary/aromatic N) is 1. The number of nitrogen functional groups attached to an aromatic ring is 1. The van der Waals surface area contributed by atoms with Crippen LogP contribution >= 0.6 is 0 Å². The van der Waals surface area contributed by atoms with Crippen LogP contribution in [-0.4, -0.2) is 20.7 Å². The monoisotopic (exact) mass is 270 g/mol. The highest BCUT2D eigenvalue weighted by molar-refractivity contribution is 5.62. The van der Waals surface area contributed by atoms with Crippen molar-refractivity contribution in [2.75, 3.05) is 31.3 Å². The van der Waals surface area contributed by atoms with E-state index in [9.17, 15) is 0 Å². The maximum Gasteiger partial charge on any atom is 0.143 e. The van der Waals surface area contributed by atoms with E-state index in [1.54, 1.807) is 7.11 Å². The molecule has 3 nitrogen and oxygen atoms in total. The van der Waals surface area contributed by atoms with Crippen molar-refractivity contribution in [1.29, 1.82) is 0 Å². The van der Waals surface area contributed by atoms with E-state index in [0.717, 1.165) is 30.8 Å². The van der Waals surface area contributed by atoms with Gasteiger partial charge in [0, 0.05) is 25.3 Å². The highest BCUT2D eigenvalue weighted by Crippen LogP contribution is 2.26. The van der Waals surface area contributed by atoms with Crippen LogP contribution in [-0.2, 0) is 6.42 Å². The number of anilines is 2. The van der Waals surface area contributed by atoms with E-state index >= 15 is 0 Å². The molecule has 0 radical (unpaired) electrons. The van der Waals surface area contributed by atoms with Gasteiger partial charge in [0.25, 0.3) is 0 Å². The zero-order valence-corrected chi connectivity index (χ0v) is 12.2. The van der Waals surface area contributed by atoms with Gasteiger partial charge in [-0.15, -0.1) is 0 Å². The first-order chi connectivity index (χ1) is 9.70. The summed E-state index contributed by atoms with van der Waals surface area (Å²) in [5.41, 5.74) is 9.02. The Morgan fingerprint density at radius 1 is 1.10 bits per heavy atom. The number of ether oxygens (including phenoxy) is 1. The molecule has 20 heavy (non-hydrogen) atoms. The van der Waals surface area contributed by atoms with Crippen molar-refractivity contribution >= 4 is 11.4 Å². The Balaban J connectivity index is 1.90. The minimum absolute atomic E-state index is 0.675. The number of nitrogens with two attached hydrogens (primary N) is 1. The summed E-state index contributed by atoms with van der Waals surface area (Å²) in [5, 5.41) is 0. The molecule has 0 saturated heterocycles. The van der Waals surface area contributed by atoms with E-state index in [2.05, 4.69) is 42.3 Å². The van der Waals surface area contributed by atoms with Crippen LogP contribution in [0.5, 0.6) is 5.75 Å². The lowest BCUT2D eigenvalue weighted by atomic mass is 10.1. The molecule has 0 fully saturated rings. The summed E-state index contributed by atoms with van der Waals surface area (Å²) < 4.78 is 5.26. The van der Waals surface area contributed by atoms with Crippen molar-refractivity contribution in [2.45, 2.75) is 12.8 Å². The van der Waals surface area contributed by atoms with Gasteiger partial charge in [-0.25, -0.2) is 0 Å². The third-order valence-corrected chi connectivity index (χ3v) is 3.46. The van der Waals surface area contributed by atoms with Crippen LogP contribution in [0.1, 0.15) is 12.0 Å². The van der Waals surface area contributed by atoms with Gasteiger partial charge in [-0.2, -0.15) is 0 Å². The molecule has 0 aliphatic heterocycles. The average molecular weight is 270 g/mol. The first-order valence-electron chi connectivity index (χ1n) is 6.89. The number of rotatable bonds is 6. The minimum atomic E-state index is 0.675. The Bertz CT molecular complexity index is 540. The van der Waals surface area contributed by atoms with Crippen LogP contribution in [0.2, 0.25) is 0 Å². The molecule has 0 unspecified atom stereocenters. The molecule has 0 aliphatic carbocycles. The van der Waals surface area contributed by atoms with Gasteiger partial charge in [0.15, 0.2) is 0 Å². The third kappa shape index (κ3) is 3.67. The average Bonchev–Trinajstić information content (AvgIpc) is 2.48. The fourth-order valence-electron chi connectivity index (χ4n) is 2.23. The van der Waals surface area contributed by atoms with E-state index in [0.29, 0.717) is 5.69 Å². The van der Waals surface area contributed by atoms with Crippen molar-refractivity contribution in [3.8, 4) is 5.75 Å². The highest BCUT2D eigenvalue weighted by atomic mass is 16.5. The predicted octanol–water partition coefficient (Wildman–Crippen LogP) is 3.35. The lowest BCUT2D eigenvalue weighted by Gasteiger charge is -2.20. The van der Waals surface area contributed by atoms with Gasteiger partial charge < -0.3 is 15.4 Å². The fourth-order valence-corrected chi connectivity index (χ4v) is 2.23. The molecule has 2 rings (SSSR count). The van der Waals surface area contributed by atoms with Gasteiger partial charge in [0.2, 0.25) is 0 Å². The lowest BCUT2D eigenvalue weighted by Crippen LogP contribution is -2.19. The second-order valence-corrected chi connectivity index (χ2v) is 4.94. The molecule has 0 bridgehead atoms. The van der Waals surface area contributed by atoms with Crippen molar-refractivity contribution in [3.63, 3.8) is 0 Å². The van der Waals surface area contributed by atoms with Crippen molar-refractivity contribution in [2.24, 2.45) is 0 Å². The summed E-state index contributed by atoms with van der Waals surface area (Å²) in [6, 6.07) is 16.5. The van der Waals surface area contributed by atoms with Crippen LogP contribution in [0.3, 0.4) is 0 Å². The Hall–Kier alpha value is -2.16. The van der Waals surface area contributed by atoms with Crippen molar-refractivity contribution < 1.29 is 4.74 Å². The summed E-state index contributed by atoms with van der Waals surface area (Å²) in [5.74, 6) is 0.734. The van der Waals surface area contributed by atoms with E-state index in [1.165, 1.54) is 5.56 Å². The second-order valence-electron chi connectivity index (χ2n) is 4.94. The Kier molecular flexibility index (Phi) is 4.88. The zero-order chi connectivity index (χ0) is 14.4. The summed E-state index contributed by atoms with van der Waals surface area (Å²) in [4.78, 5) is 2.23. The quantitative estimate of drug-likeness (QED) is 0.818. The molecule has 3 heteroatoms. The molecular weight excluding hydrogens is 248 g/mol. The van der Waals surface area contributed by atoms with E-state index in [1.807, 2.05) is 18.2 Å². The van der Waals surface area contributed by atoms with Gasteiger partial charge in [-0.05, 0) is 30.5 Å². The van der Waals surface area contributed by atoms with Crippen LogP contribution in [0, 0.1) is 0 Å². The van der Waals surface area contributed by atoms with Gasteiger partial charge in [-0.3, -0.25) is 0 Å².